The minimum absolute atomic E-state index is 0.0754. The van der Waals surface area contributed by atoms with Gasteiger partial charge < -0.3 is 48.6 Å². The molecule has 248 valence electrons. The third kappa shape index (κ3) is 3.55. The fraction of sp³-hybridized carbons (Fsp3) is 0.758. The normalized spacial score (nSPS) is 50.7. The van der Waals surface area contributed by atoms with Gasteiger partial charge in [-0.15, -0.1) is 0 Å². The Morgan fingerprint density at radius 1 is 1.00 bits per heavy atom. The van der Waals surface area contributed by atoms with E-state index >= 15 is 0 Å². The number of piperidine rings is 1. The van der Waals surface area contributed by atoms with E-state index in [9.17, 15) is 24.9 Å². The Morgan fingerprint density at radius 2 is 1.71 bits per heavy atom. The smallest absolute Gasteiger partial charge is 0.338 e. The molecule has 1 aromatic rings. The highest BCUT2D eigenvalue weighted by Crippen LogP contribution is 2.80. The first-order valence-electron chi connectivity index (χ1n) is 15.8. The largest absolute Gasteiger partial charge is 0.455 e. The van der Waals surface area contributed by atoms with Crippen LogP contribution in [-0.2, 0) is 33.2 Å². The van der Waals surface area contributed by atoms with E-state index in [2.05, 4.69) is 4.90 Å². The van der Waals surface area contributed by atoms with Crippen LogP contribution in [0.5, 0.6) is 0 Å². The van der Waals surface area contributed by atoms with E-state index in [-0.39, 0.29) is 25.0 Å². The van der Waals surface area contributed by atoms with Crippen LogP contribution in [0.1, 0.15) is 30.1 Å². The average Bonchev–Trinajstić information content (AvgIpc) is 3.40. The topological polar surface area (TPSA) is 153 Å². The zero-order chi connectivity index (χ0) is 32.3. The van der Waals surface area contributed by atoms with Crippen molar-refractivity contribution in [1.82, 2.24) is 4.90 Å². The molecule has 0 radical (unpaired) electrons. The number of aliphatic hydroxyl groups is 3. The van der Waals surface area contributed by atoms with Crippen molar-refractivity contribution in [3.8, 4) is 0 Å². The zero-order valence-corrected chi connectivity index (χ0v) is 26.6. The average molecular weight is 632 g/mol. The van der Waals surface area contributed by atoms with E-state index in [1.165, 1.54) is 14.0 Å². The van der Waals surface area contributed by atoms with E-state index in [4.69, 9.17) is 28.4 Å². The SMILES string of the molecule is COC[C@]12CN(C)C3[C@@H]4[C@H](OC)[C@H]1[C@]3([C@@H](OC)C[C@H]2O)[C@@H]1C[C@@]2(O)[C@H](OC(=O)c3ccccc3)[C@@H]1[C@]4(OC(C)=O)[C@@H](O)[C@@H]2OC. The highest BCUT2D eigenvalue weighted by Gasteiger charge is 2.92. The van der Waals surface area contributed by atoms with Gasteiger partial charge in [-0.25, -0.2) is 4.79 Å². The summed E-state index contributed by atoms with van der Waals surface area (Å²) < 4.78 is 37.2. The van der Waals surface area contributed by atoms with Crippen molar-refractivity contribution in [3.05, 3.63) is 35.9 Å². The van der Waals surface area contributed by atoms with Gasteiger partial charge in [0.25, 0.3) is 0 Å². The molecule has 0 aromatic heterocycles. The van der Waals surface area contributed by atoms with Crippen LogP contribution in [0.15, 0.2) is 30.3 Å². The third-order valence-electron chi connectivity index (χ3n) is 12.9. The van der Waals surface area contributed by atoms with Crippen LogP contribution < -0.4 is 0 Å². The maximum absolute atomic E-state index is 13.7. The molecule has 12 heteroatoms. The van der Waals surface area contributed by atoms with E-state index in [1.54, 1.807) is 51.7 Å². The Hall–Kier alpha value is -2.16. The summed E-state index contributed by atoms with van der Waals surface area (Å²) >= 11 is 0. The maximum atomic E-state index is 13.7. The molecule has 7 rings (SSSR count). The van der Waals surface area contributed by atoms with Gasteiger partial charge in [0, 0.05) is 83.0 Å². The maximum Gasteiger partial charge on any atom is 0.338 e. The van der Waals surface area contributed by atoms with Gasteiger partial charge in [-0.05, 0) is 31.5 Å². The Balaban J connectivity index is 1.52. The molecule has 15 atom stereocenters. The molecule has 0 amide bonds. The molecule has 1 saturated heterocycles. The molecule has 1 heterocycles. The lowest BCUT2D eigenvalue weighted by molar-refractivity contribution is -0.321. The number of methoxy groups -OCH3 is 4. The first-order chi connectivity index (χ1) is 21.4. The molecular formula is C33H45NO11. The fourth-order valence-corrected chi connectivity index (χ4v) is 12.2. The standard InChI is InChI=1S/C33H45NO11/c1-16(35)45-33-21-18(13-31(39,28(43-6)26(33)37)27(21)44-29(38)17-10-8-7-9-11-17)32-20(41-4)12-19(36)30(15-40-3)14-34(2)25(32)22(33)23(42-5)24(30)32/h7-11,18-28,36-37,39H,12-15H2,1-6H3/t18-,19-,20+,21-,22+,23+,24-,25?,26+,27-,28+,30+,31-,32-,33-/m1/s1. The van der Waals surface area contributed by atoms with Gasteiger partial charge in [-0.3, -0.25) is 4.79 Å². The van der Waals surface area contributed by atoms with Crippen molar-refractivity contribution in [1.29, 1.82) is 0 Å². The van der Waals surface area contributed by atoms with Gasteiger partial charge in [0.05, 0.1) is 30.5 Å². The van der Waals surface area contributed by atoms with Crippen LogP contribution in [0.2, 0.25) is 0 Å². The highest BCUT2D eigenvalue weighted by atomic mass is 16.6. The number of carbonyl (C=O) groups excluding carboxylic acids is 2. The molecule has 1 spiro atoms. The van der Waals surface area contributed by atoms with Crippen molar-refractivity contribution in [2.75, 3.05) is 48.6 Å². The van der Waals surface area contributed by atoms with Crippen LogP contribution in [0, 0.1) is 34.5 Å². The number of carbonyl (C=O) groups is 2. The van der Waals surface area contributed by atoms with E-state index in [1.807, 2.05) is 7.05 Å². The predicted molar refractivity (Wildman–Crippen MR) is 156 cm³/mol. The van der Waals surface area contributed by atoms with Gasteiger partial charge in [0.15, 0.2) is 5.60 Å². The lowest BCUT2D eigenvalue weighted by Gasteiger charge is -2.70. The fourth-order valence-electron chi connectivity index (χ4n) is 12.2. The molecule has 45 heavy (non-hydrogen) atoms. The minimum Gasteiger partial charge on any atom is -0.455 e. The van der Waals surface area contributed by atoms with Crippen molar-refractivity contribution in [2.45, 2.75) is 73.6 Å². The van der Waals surface area contributed by atoms with Crippen LogP contribution >= 0.6 is 0 Å². The van der Waals surface area contributed by atoms with E-state index in [0.717, 1.165) is 0 Å². The zero-order valence-electron chi connectivity index (χ0n) is 26.6. The van der Waals surface area contributed by atoms with Gasteiger partial charge in [-0.1, -0.05) is 18.2 Å². The van der Waals surface area contributed by atoms with E-state index < -0.39 is 88.3 Å². The predicted octanol–water partition coefficient (Wildman–Crippen LogP) is 0.258. The Labute approximate surface area is 262 Å². The second-order valence-electron chi connectivity index (χ2n) is 14.3. The van der Waals surface area contributed by atoms with Gasteiger partial charge in [0.1, 0.15) is 23.9 Å². The molecule has 5 aliphatic carbocycles. The minimum atomic E-state index is -1.83. The summed E-state index contributed by atoms with van der Waals surface area (Å²) in [5.41, 5.74) is -4.79. The number of likely N-dealkylation sites (tertiary alicyclic amines) is 1. The lowest BCUT2D eigenvalue weighted by atomic mass is 9.42. The Morgan fingerprint density at radius 3 is 2.31 bits per heavy atom. The number of hydrogen-bond donors (Lipinski definition) is 3. The van der Waals surface area contributed by atoms with Crippen LogP contribution in [0.3, 0.4) is 0 Å². The molecule has 1 unspecified atom stereocenters. The number of fused-ring (bicyclic) bond motifs is 2. The number of hydrogen-bond acceptors (Lipinski definition) is 12. The van der Waals surface area contributed by atoms with Gasteiger partial charge in [-0.2, -0.15) is 0 Å². The first-order valence-corrected chi connectivity index (χ1v) is 15.8. The van der Waals surface area contributed by atoms with Crippen LogP contribution in [0.25, 0.3) is 0 Å². The second kappa shape index (κ2) is 10.4. The quantitative estimate of drug-likeness (QED) is 0.337. The molecule has 3 N–H and O–H groups in total. The number of nitrogens with zero attached hydrogens (tertiary/aromatic N) is 1. The van der Waals surface area contributed by atoms with Crippen LogP contribution in [0.4, 0.5) is 0 Å². The first kappa shape index (κ1) is 31.4. The second-order valence-corrected chi connectivity index (χ2v) is 14.3. The number of aliphatic hydroxyl groups excluding tert-OH is 2. The molecule has 1 aliphatic heterocycles. The van der Waals surface area contributed by atoms with Crippen molar-refractivity contribution >= 4 is 11.9 Å². The summed E-state index contributed by atoms with van der Waals surface area (Å²) in [6, 6.07) is 8.15. The summed E-state index contributed by atoms with van der Waals surface area (Å²) in [4.78, 5) is 29.1. The summed E-state index contributed by atoms with van der Waals surface area (Å²) in [5, 5.41) is 37.0. The van der Waals surface area contributed by atoms with Crippen molar-refractivity contribution < 1.29 is 53.3 Å². The number of esters is 2. The molecule has 6 aliphatic rings. The molecule has 6 fully saturated rings. The molecular weight excluding hydrogens is 586 g/mol. The van der Waals surface area contributed by atoms with Crippen LogP contribution in [-0.4, -0.2) is 135 Å². The lowest BCUT2D eigenvalue weighted by Crippen LogP contribution is -2.81. The summed E-state index contributed by atoms with van der Waals surface area (Å²) in [6.07, 6.45) is -5.50. The highest BCUT2D eigenvalue weighted by molar-refractivity contribution is 5.89. The summed E-state index contributed by atoms with van der Waals surface area (Å²) in [6.45, 7) is 2.00. The Kier molecular flexibility index (Phi) is 7.28. The molecule has 5 saturated carbocycles. The number of benzene rings is 1. The van der Waals surface area contributed by atoms with E-state index in [0.29, 0.717) is 18.5 Å². The number of ether oxygens (including phenoxy) is 6. The van der Waals surface area contributed by atoms with Crippen molar-refractivity contribution in [3.63, 3.8) is 0 Å². The Bertz CT molecular complexity index is 1350. The van der Waals surface area contributed by atoms with Crippen molar-refractivity contribution in [2.24, 2.45) is 34.5 Å². The number of rotatable bonds is 8. The van der Waals surface area contributed by atoms with Gasteiger partial charge >= 0.3 is 11.9 Å². The molecule has 12 nitrogen and oxygen atoms in total. The summed E-state index contributed by atoms with van der Waals surface area (Å²) in [7, 11) is 8.20. The molecule has 1 aromatic carbocycles. The molecule has 7 bridgehead atoms. The summed E-state index contributed by atoms with van der Waals surface area (Å²) in [5.74, 6) is -3.66. The monoisotopic (exact) mass is 631 g/mol. The van der Waals surface area contributed by atoms with Gasteiger partial charge in [0.2, 0.25) is 0 Å². The third-order valence-corrected chi connectivity index (χ3v) is 12.9.